The van der Waals surface area contributed by atoms with Crippen molar-refractivity contribution >= 4 is 0 Å². The second kappa shape index (κ2) is 6.39. The molecule has 114 valence electrons. The SMILES string of the molecule is CCNC(Cc1cn(C)nn1)c1ccccc1C(C)(C)C. The van der Waals surface area contributed by atoms with Crippen LogP contribution in [-0.2, 0) is 18.9 Å². The lowest BCUT2D eigenvalue weighted by molar-refractivity contribution is 0.513. The molecule has 21 heavy (non-hydrogen) atoms. The molecule has 0 aliphatic rings. The second-order valence-corrected chi connectivity index (χ2v) is 6.54. The van der Waals surface area contributed by atoms with Crippen LogP contribution in [0.25, 0.3) is 0 Å². The summed E-state index contributed by atoms with van der Waals surface area (Å²) in [5.74, 6) is 0. The van der Waals surface area contributed by atoms with Gasteiger partial charge < -0.3 is 5.32 Å². The monoisotopic (exact) mass is 286 g/mol. The van der Waals surface area contributed by atoms with E-state index >= 15 is 0 Å². The molecule has 0 amide bonds. The highest BCUT2D eigenvalue weighted by Crippen LogP contribution is 2.30. The van der Waals surface area contributed by atoms with Crippen LogP contribution in [0.4, 0.5) is 0 Å². The number of likely N-dealkylation sites (N-methyl/N-ethyl adjacent to an activating group) is 1. The Morgan fingerprint density at radius 2 is 1.95 bits per heavy atom. The molecule has 0 radical (unpaired) electrons. The summed E-state index contributed by atoms with van der Waals surface area (Å²) in [5, 5.41) is 11.9. The molecular weight excluding hydrogens is 260 g/mol. The fourth-order valence-electron chi connectivity index (χ4n) is 2.72. The molecule has 1 unspecified atom stereocenters. The van der Waals surface area contributed by atoms with Crippen molar-refractivity contribution in [2.75, 3.05) is 6.54 Å². The van der Waals surface area contributed by atoms with E-state index in [0.717, 1.165) is 18.7 Å². The van der Waals surface area contributed by atoms with E-state index in [1.165, 1.54) is 11.1 Å². The van der Waals surface area contributed by atoms with E-state index in [2.05, 4.69) is 67.6 Å². The lowest BCUT2D eigenvalue weighted by Gasteiger charge is -2.27. The van der Waals surface area contributed by atoms with Crippen molar-refractivity contribution in [2.24, 2.45) is 7.05 Å². The third-order valence-corrected chi connectivity index (χ3v) is 3.66. The van der Waals surface area contributed by atoms with Crippen LogP contribution >= 0.6 is 0 Å². The van der Waals surface area contributed by atoms with Crippen LogP contribution in [0, 0.1) is 0 Å². The van der Waals surface area contributed by atoms with Crippen molar-refractivity contribution in [2.45, 2.75) is 45.6 Å². The maximum Gasteiger partial charge on any atom is 0.0845 e. The third-order valence-electron chi connectivity index (χ3n) is 3.66. The molecule has 0 aliphatic heterocycles. The number of nitrogens with one attached hydrogen (secondary N) is 1. The van der Waals surface area contributed by atoms with E-state index in [-0.39, 0.29) is 11.5 Å². The van der Waals surface area contributed by atoms with Gasteiger partial charge in [0.25, 0.3) is 0 Å². The molecular formula is C17H26N4. The number of rotatable bonds is 5. The Hall–Kier alpha value is -1.68. The van der Waals surface area contributed by atoms with Crippen molar-refractivity contribution in [1.29, 1.82) is 0 Å². The molecule has 1 heterocycles. The third kappa shape index (κ3) is 3.91. The molecule has 4 heteroatoms. The molecule has 2 rings (SSSR count). The Morgan fingerprint density at radius 1 is 1.24 bits per heavy atom. The van der Waals surface area contributed by atoms with E-state index in [4.69, 9.17) is 0 Å². The summed E-state index contributed by atoms with van der Waals surface area (Å²) >= 11 is 0. The van der Waals surface area contributed by atoms with Gasteiger partial charge in [-0.3, -0.25) is 4.68 Å². The molecule has 0 fully saturated rings. The van der Waals surface area contributed by atoms with Gasteiger partial charge in [0.2, 0.25) is 0 Å². The molecule has 4 nitrogen and oxygen atoms in total. The van der Waals surface area contributed by atoms with E-state index in [0.29, 0.717) is 0 Å². The van der Waals surface area contributed by atoms with E-state index in [1.807, 2.05) is 13.2 Å². The number of aryl methyl sites for hydroxylation is 1. The van der Waals surface area contributed by atoms with Crippen molar-refractivity contribution in [3.8, 4) is 0 Å². The summed E-state index contributed by atoms with van der Waals surface area (Å²) in [6.07, 6.45) is 2.85. The van der Waals surface area contributed by atoms with Gasteiger partial charge >= 0.3 is 0 Å². The normalized spacial score (nSPS) is 13.4. The average molecular weight is 286 g/mol. The van der Waals surface area contributed by atoms with Gasteiger partial charge in [-0.15, -0.1) is 5.10 Å². The summed E-state index contributed by atoms with van der Waals surface area (Å²) in [6.45, 7) is 9.86. The molecule has 0 aliphatic carbocycles. The van der Waals surface area contributed by atoms with Crippen LogP contribution in [0.2, 0.25) is 0 Å². The predicted octanol–water partition coefficient (Wildman–Crippen LogP) is 3.01. The van der Waals surface area contributed by atoms with Crippen molar-refractivity contribution in [1.82, 2.24) is 20.3 Å². The highest BCUT2D eigenvalue weighted by molar-refractivity contribution is 5.35. The lowest BCUT2D eigenvalue weighted by atomic mass is 9.81. The van der Waals surface area contributed by atoms with Crippen LogP contribution < -0.4 is 5.32 Å². The van der Waals surface area contributed by atoms with E-state index in [1.54, 1.807) is 4.68 Å². The highest BCUT2D eigenvalue weighted by Gasteiger charge is 2.22. The highest BCUT2D eigenvalue weighted by atomic mass is 15.4. The van der Waals surface area contributed by atoms with Crippen LogP contribution in [0.3, 0.4) is 0 Å². The van der Waals surface area contributed by atoms with Gasteiger partial charge in [0.15, 0.2) is 0 Å². The number of nitrogens with zero attached hydrogens (tertiary/aromatic N) is 3. The fraction of sp³-hybridized carbons (Fsp3) is 0.529. The first-order chi connectivity index (χ1) is 9.91. The second-order valence-electron chi connectivity index (χ2n) is 6.54. The van der Waals surface area contributed by atoms with Crippen molar-refractivity contribution < 1.29 is 0 Å². The molecule has 2 aromatic rings. The van der Waals surface area contributed by atoms with Crippen LogP contribution in [-0.4, -0.2) is 21.5 Å². The molecule has 1 N–H and O–H groups in total. The summed E-state index contributed by atoms with van der Waals surface area (Å²) in [6, 6.07) is 8.96. The zero-order valence-electron chi connectivity index (χ0n) is 13.7. The van der Waals surface area contributed by atoms with Gasteiger partial charge in [-0.2, -0.15) is 0 Å². The first kappa shape index (κ1) is 15.7. The molecule has 0 saturated heterocycles. The van der Waals surface area contributed by atoms with Crippen LogP contribution in [0.5, 0.6) is 0 Å². The fourth-order valence-corrected chi connectivity index (χ4v) is 2.72. The van der Waals surface area contributed by atoms with Crippen molar-refractivity contribution in [3.05, 3.63) is 47.3 Å². The Bertz CT molecular complexity index is 580. The van der Waals surface area contributed by atoms with E-state index in [9.17, 15) is 0 Å². The smallest absolute Gasteiger partial charge is 0.0845 e. The van der Waals surface area contributed by atoms with Gasteiger partial charge in [-0.05, 0) is 23.1 Å². The molecule has 1 atom stereocenters. The molecule has 1 aromatic heterocycles. The molecule has 0 spiro atoms. The number of hydrogen-bond acceptors (Lipinski definition) is 3. The average Bonchev–Trinajstić information content (AvgIpc) is 2.83. The molecule has 0 saturated carbocycles. The summed E-state index contributed by atoms with van der Waals surface area (Å²) < 4.78 is 1.76. The van der Waals surface area contributed by atoms with Crippen LogP contribution in [0.1, 0.15) is 50.6 Å². The predicted molar refractivity (Wildman–Crippen MR) is 86.3 cm³/mol. The van der Waals surface area contributed by atoms with Crippen LogP contribution in [0.15, 0.2) is 30.5 Å². The Balaban J connectivity index is 2.34. The topological polar surface area (TPSA) is 42.7 Å². The Morgan fingerprint density at radius 3 is 2.52 bits per heavy atom. The largest absolute Gasteiger partial charge is 0.310 e. The van der Waals surface area contributed by atoms with Crippen molar-refractivity contribution in [3.63, 3.8) is 0 Å². The maximum atomic E-state index is 4.23. The first-order valence-electron chi connectivity index (χ1n) is 7.59. The minimum Gasteiger partial charge on any atom is -0.310 e. The quantitative estimate of drug-likeness (QED) is 0.919. The molecule has 1 aromatic carbocycles. The molecule has 0 bridgehead atoms. The lowest BCUT2D eigenvalue weighted by Crippen LogP contribution is -2.26. The maximum absolute atomic E-state index is 4.23. The van der Waals surface area contributed by atoms with Gasteiger partial charge in [0.05, 0.1) is 5.69 Å². The number of aromatic nitrogens is 3. The minimum atomic E-state index is 0.132. The Kier molecular flexibility index (Phi) is 4.78. The first-order valence-corrected chi connectivity index (χ1v) is 7.59. The summed E-state index contributed by atoms with van der Waals surface area (Å²) in [7, 11) is 1.90. The minimum absolute atomic E-state index is 0.132. The van der Waals surface area contributed by atoms with Gasteiger partial charge in [-0.25, -0.2) is 0 Å². The van der Waals surface area contributed by atoms with Gasteiger partial charge in [0, 0.05) is 25.7 Å². The number of benzene rings is 1. The standard InChI is InChI=1S/C17H26N4/c1-6-18-16(11-13-12-21(5)20-19-13)14-9-7-8-10-15(14)17(2,3)4/h7-10,12,16,18H,6,11H2,1-5H3. The zero-order chi connectivity index (χ0) is 15.5. The Labute approximate surface area is 127 Å². The van der Waals surface area contributed by atoms with E-state index < -0.39 is 0 Å². The van der Waals surface area contributed by atoms with Gasteiger partial charge in [0.1, 0.15) is 0 Å². The summed E-state index contributed by atoms with van der Waals surface area (Å²) in [5.41, 5.74) is 3.90. The summed E-state index contributed by atoms with van der Waals surface area (Å²) in [4.78, 5) is 0. The zero-order valence-corrected chi connectivity index (χ0v) is 13.7. The van der Waals surface area contributed by atoms with Gasteiger partial charge in [-0.1, -0.05) is 57.2 Å². The number of hydrogen-bond donors (Lipinski definition) is 1.